The quantitative estimate of drug-likeness (QED) is 0.816. The summed E-state index contributed by atoms with van der Waals surface area (Å²) in [6, 6.07) is 9.18. The molecule has 0 aliphatic heterocycles. The molecule has 1 N–H and O–H groups in total. The molecule has 1 aromatic carbocycles. The van der Waals surface area contributed by atoms with Crippen molar-refractivity contribution in [2.45, 2.75) is 47.1 Å². The first-order valence-electron chi connectivity index (χ1n) is 6.19. The smallest absolute Gasteiger partial charge is 0.00873 e. The van der Waals surface area contributed by atoms with Crippen LogP contribution in [0.5, 0.6) is 0 Å². The van der Waals surface area contributed by atoms with Gasteiger partial charge >= 0.3 is 0 Å². The monoisotopic (exact) mass is 219 g/mol. The molecular weight excluding hydrogens is 194 g/mol. The van der Waals surface area contributed by atoms with E-state index in [-0.39, 0.29) is 0 Å². The second-order valence-electron chi connectivity index (χ2n) is 5.72. The molecule has 0 fully saturated rings. The Kier molecular flexibility index (Phi) is 4.55. The van der Waals surface area contributed by atoms with Gasteiger partial charge < -0.3 is 5.32 Å². The Hall–Kier alpha value is -0.820. The van der Waals surface area contributed by atoms with Gasteiger partial charge in [0.05, 0.1) is 0 Å². The van der Waals surface area contributed by atoms with Crippen LogP contribution in [0.2, 0.25) is 0 Å². The zero-order valence-electron chi connectivity index (χ0n) is 11.3. The lowest BCUT2D eigenvalue weighted by Crippen LogP contribution is -2.38. The predicted molar refractivity (Wildman–Crippen MR) is 71.8 cm³/mol. The molecule has 16 heavy (non-hydrogen) atoms. The van der Waals surface area contributed by atoms with E-state index in [9.17, 15) is 0 Å². The van der Waals surface area contributed by atoms with Crippen LogP contribution in [0.15, 0.2) is 24.3 Å². The molecule has 0 saturated heterocycles. The van der Waals surface area contributed by atoms with Crippen LogP contribution in [-0.4, -0.2) is 12.6 Å². The molecule has 1 heteroatoms. The fourth-order valence-corrected chi connectivity index (χ4v) is 1.62. The standard InChI is InChI=1S/C15H25N/c1-12-8-6-7-9-14(12)10-11-16-13(2)15(3,4)5/h6-9,13,16H,10-11H2,1-5H3. The first-order valence-corrected chi connectivity index (χ1v) is 6.19. The summed E-state index contributed by atoms with van der Waals surface area (Å²) in [5.41, 5.74) is 3.19. The van der Waals surface area contributed by atoms with Crippen molar-refractivity contribution in [3.05, 3.63) is 35.4 Å². The number of benzene rings is 1. The Labute approximate surface area is 100 Å². The van der Waals surface area contributed by atoms with E-state index in [1.165, 1.54) is 11.1 Å². The first-order chi connectivity index (χ1) is 7.41. The van der Waals surface area contributed by atoms with Crippen LogP contribution < -0.4 is 5.32 Å². The number of nitrogens with one attached hydrogen (secondary N) is 1. The second kappa shape index (κ2) is 5.49. The van der Waals surface area contributed by atoms with Crippen molar-refractivity contribution < 1.29 is 0 Å². The molecule has 1 nitrogen and oxygen atoms in total. The summed E-state index contributed by atoms with van der Waals surface area (Å²) >= 11 is 0. The van der Waals surface area contributed by atoms with Gasteiger partial charge in [0.2, 0.25) is 0 Å². The number of aryl methyl sites for hydroxylation is 1. The van der Waals surface area contributed by atoms with Gasteiger partial charge in [-0.05, 0) is 43.4 Å². The van der Waals surface area contributed by atoms with E-state index >= 15 is 0 Å². The molecule has 1 unspecified atom stereocenters. The fourth-order valence-electron chi connectivity index (χ4n) is 1.62. The van der Waals surface area contributed by atoms with Crippen LogP contribution in [0.3, 0.4) is 0 Å². The average molecular weight is 219 g/mol. The highest BCUT2D eigenvalue weighted by atomic mass is 14.9. The molecular formula is C15H25N. The molecule has 1 rings (SSSR count). The van der Waals surface area contributed by atoms with E-state index in [4.69, 9.17) is 0 Å². The van der Waals surface area contributed by atoms with E-state index in [2.05, 4.69) is 64.2 Å². The molecule has 1 atom stereocenters. The molecule has 0 amide bonds. The second-order valence-corrected chi connectivity index (χ2v) is 5.72. The lowest BCUT2D eigenvalue weighted by molar-refractivity contribution is 0.288. The van der Waals surface area contributed by atoms with E-state index in [0.29, 0.717) is 11.5 Å². The Bertz CT molecular complexity index is 322. The van der Waals surface area contributed by atoms with Crippen LogP contribution >= 0.6 is 0 Å². The maximum Gasteiger partial charge on any atom is 0.00873 e. The van der Waals surface area contributed by atoms with Gasteiger partial charge in [-0.15, -0.1) is 0 Å². The topological polar surface area (TPSA) is 12.0 Å². The van der Waals surface area contributed by atoms with E-state index in [1.54, 1.807) is 0 Å². The normalized spacial score (nSPS) is 13.8. The highest BCUT2D eigenvalue weighted by Crippen LogP contribution is 2.18. The summed E-state index contributed by atoms with van der Waals surface area (Å²) < 4.78 is 0. The Morgan fingerprint density at radius 1 is 1.19 bits per heavy atom. The molecule has 0 saturated carbocycles. The van der Waals surface area contributed by atoms with Crippen molar-refractivity contribution in [1.82, 2.24) is 5.32 Å². The molecule has 0 radical (unpaired) electrons. The number of hydrogen-bond acceptors (Lipinski definition) is 1. The minimum atomic E-state index is 0.339. The van der Waals surface area contributed by atoms with E-state index in [1.807, 2.05) is 0 Å². The SMILES string of the molecule is Cc1ccccc1CCNC(C)C(C)(C)C. The van der Waals surface area contributed by atoms with Crippen LogP contribution in [0.1, 0.15) is 38.8 Å². The average Bonchev–Trinajstić information content (AvgIpc) is 2.19. The number of rotatable bonds is 4. The van der Waals surface area contributed by atoms with Crippen LogP contribution in [0.25, 0.3) is 0 Å². The summed E-state index contributed by atoms with van der Waals surface area (Å²) in [4.78, 5) is 0. The van der Waals surface area contributed by atoms with Gasteiger partial charge in [-0.1, -0.05) is 45.0 Å². The highest BCUT2D eigenvalue weighted by molar-refractivity contribution is 5.25. The summed E-state index contributed by atoms with van der Waals surface area (Å²) in [5, 5.41) is 3.60. The van der Waals surface area contributed by atoms with Crippen molar-refractivity contribution in [2.75, 3.05) is 6.54 Å². The van der Waals surface area contributed by atoms with Crippen molar-refractivity contribution >= 4 is 0 Å². The van der Waals surface area contributed by atoms with E-state index in [0.717, 1.165) is 13.0 Å². The van der Waals surface area contributed by atoms with Gasteiger partial charge in [0, 0.05) is 6.04 Å². The molecule has 0 bridgehead atoms. The molecule has 90 valence electrons. The maximum atomic E-state index is 3.60. The van der Waals surface area contributed by atoms with Crippen LogP contribution in [0, 0.1) is 12.3 Å². The van der Waals surface area contributed by atoms with Gasteiger partial charge in [0.25, 0.3) is 0 Å². The summed E-state index contributed by atoms with van der Waals surface area (Å²) in [7, 11) is 0. The number of hydrogen-bond donors (Lipinski definition) is 1. The summed E-state index contributed by atoms with van der Waals surface area (Å²) in [5.74, 6) is 0. The Morgan fingerprint density at radius 3 is 2.38 bits per heavy atom. The minimum absolute atomic E-state index is 0.339. The lowest BCUT2D eigenvalue weighted by Gasteiger charge is -2.28. The van der Waals surface area contributed by atoms with Gasteiger partial charge in [0.15, 0.2) is 0 Å². The highest BCUT2D eigenvalue weighted by Gasteiger charge is 2.18. The third-order valence-corrected chi connectivity index (χ3v) is 3.41. The van der Waals surface area contributed by atoms with Crippen LogP contribution in [0.4, 0.5) is 0 Å². The zero-order valence-corrected chi connectivity index (χ0v) is 11.3. The molecule has 0 aliphatic rings. The molecule has 0 aliphatic carbocycles. The van der Waals surface area contributed by atoms with Gasteiger partial charge in [-0.2, -0.15) is 0 Å². The summed E-state index contributed by atoms with van der Waals surface area (Å²) in [6.45, 7) is 12.3. The third-order valence-electron chi connectivity index (χ3n) is 3.41. The minimum Gasteiger partial charge on any atom is -0.313 e. The molecule has 0 spiro atoms. The molecule has 1 aromatic rings. The van der Waals surface area contributed by atoms with Gasteiger partial charge in [-0.3, -0.25) is 0 Å². The van der Waals surface area contributed by atoms with Gasteiger partial charge in [0.1, 0.15) is 0 Å². The van der Waals surface area contributed by atoms with Crippen molar-refractivity contribution in [2.24, 2.45) is 5.41 Å². The molecule has 0 aromatic heterocycles. The van der Waals surface area contributed by atoms with Crippen molar-refractivity contribution in [1.29, 1.82) is 0 Å². The predicted octanol–water partition coefficient (Wildman–Crippen LogP) is 3.56. The fraction of sp³-hybridized carbons (Fsp3) is 0.600. The van der Waals surface area contributed by atoms with Gasteiger partial charge in [-0.25, -0.2) is 0 Å². The largest absolute Gasteiger partial charge is 0.313 e. The Morgan fingerprint density at radius 2 is 1.81 bits per heavy atom. The summed E-state index contributed by atoms with van der Waals surface area (Å²) in [6.07, 6.45) is 1.12. The van der Waals surface area contributed by atoms with Crippen LogP contribution in [-0.2, 0) is 6.42 Å². The molecule has 0 heterocycles. The lowest BCUT2D eigenvalue weighted by atomic mass is 9.88. The maximum absolute atomic E-state index is 3.60. The van der Waals surface area contributed by atoms with Crippen molar-refractivity contribution in [3.8, 4) is 0 Å². The van der Waals surface area contributed by atoms with E-state index < -0.39 is 0 Å². The zero-order chi connectivity index (χ0) is 12.2. The van der Waals surface area contributed by atoms with Crippen molar-refractivity contribution in [3.63, 3.8) is 0 Å². The first kappa shape index (κ1) is 13.2. The Balaban J connectivity index is 2.40. The third kappa shape index (κ3) is 3.97.